The van der Waals surface area contributed by atoms with Gasteiger partial charge < -0.3 is 10.6 Å². The van der Waals surface area contributed by atoms with Gasteiger partial charge in [-0.25, -0.2) is 0 Å². The minimum Gasteiger partial charge on any atom is -0.314 e. The van der Waals surface area contributed by atoms with Crippen LogP contribution >= 0.6 is 0 Å². The quantitative estimate of drug-likeness (QED) is 0.613. The number of amides is 4. The van der Waals surface area contributed by atoms with Crippen molar-refractivity contribution in [2.24, 2.45) is 11.8 Å². The van der Waals surface area contributed by atoms with Crippen molar-refractivity contribution in [1.29, 1.82) is 0 Å². The van der Waals surface area contributed by atoms with E-state index in [0.29, 0.717) is 29.6 Å². The number of hydrogen-bond acceptors (Lipinski definition) is 6. The van der Waals surface area contributed by atoms with Gasteiger partial charge in [0.1, 0.15) is 6.04 Å². The fraction of sp³-hybridized carbons (Fsp3) is 0.545. The van der Waals surface area contributed by atoms with Crippen molar-refractivity contribution in [2.45, 2.75) is 50.7 Å². The van der Waals surface area contributed by atoms with E-state index in [0.717, 1.165) is 29.5 Å². The van der Waals surface area contributed by atoms with Gasteiger partial charge in [-0.05, 0) is 68.3 Å². The predicted octanol–water partition coefficient (Wildman–Crippen LogP) is 0.566. The Kier molecular flexibility index (Phi) is 4.91. The van der Waals surface area contributed by atoms with Crippen molar-refractivity contribution in [3.05, 3.63) is 34.9 Å². The SMILES string of the molecule is O=C1CCC(N2C(=O)c3ccc(CNCC4CC5CNC(C4)C5)cc3C2=O)C(=O)N1. The first-order valence-corrected chi connectivity index (χ1v) is 10.8. The van der Waals surface area contributed by atoms with Crippen molar-refractivity contribution in [3.8, 4) is 0 Å². The van der Waals surface area contributed by atoms with Gasteiger partial charge in [-0.1, -0.05) is 6.07 Å². The fourth-order valence-corrected chi connectivity index (χ4v) is 5.45. The van der Waals surface area contributed by atoms with E-state index in [9.17, 15) is 19.2 Å². The summed E-state index contributed by atoms with van der Waals surface area (Å²) in [6, 6.07) is 5.02. The molecule has 2 bridgehead atoms. The number of benzene rings is 1. The summed E-state index contributed by atoms with van der Waals surface area (Å²) in [5, 5.41) is 9.30. The van der Waals surface area contributed by atoms with E-state index < -0.39 is 23.8 Å². The van der Waals surface area contributed by atoms with Crippen molar-refractivity contribution >= 4 is 23.6 Å². The van der Waals surface area contributed by atoms with Crippen LogP contribution in [0.15, 0.2) is 18.2 Å². The van der Waals surface area contributed by atoms with E-state index in [4.69, 9.17) is 0 Å². The highest BCUT2D eigenvalue weighted by Crippen LogP contribution is 2.33. The number of nitrogens with one attached hydrogen (secondary N) is 3. The average Bonchev–Trinajstić information content (AvgIpc) is 3.18. The molecule has 1 aliphatic carbocycles. The highest BCUT2D eigenvalue weighted by molar-refractivity contribution is 6.23. The Hall–Kier alpha value is -2.58. The zero-order chi connectivity index (χ0) is 20.8. The van der Waals surface area contributed by atoms with Crippen LogP contribution in [0.3, 0.4) is 0 Å². The first kappa shape index (κ1) is 19.4. The highest BCUT2D eigenvalue weighted by Gasteiger charge is 2.44. The van der Waals surface area contributed by atoms with Gasteiger partial charge in [0, 0.05) is 19.0 Å². The Labute approximate surface area is 174 Å². The van der Waals surface area contributed by atoms with Crippen LogP contribution in [0, 0.1) is 11.8 Å². The summed E-state index contributed by atoms with van der Waals surface area (Å²) in [7, 11) is 0. The van der Waals surface area contributed by atoms with E-state index in [2.05, 4.69) is 16.0 Å². The van der Waals surface area contributed by atoms with Gasteiger partial charge in [0.05, 0.1) is 11.1 Å². The number of carbonyl (C=O) groups excluding carboxylic acids is 4. The van der Waals surface area contributed by atoms with Gasteiger partial charge in [0.15, 0.2) is 0 Å². The van der Waals surface area contributed by atoms with Gasteiger partial charge in [-0.2, -0.15) is 0 Å². The zero-order valence-corrected chi connectivity index (χ0v) is 16.8. The minimum atomic E-state index is -0.924. The molecule has 1 aromatic rings. The van der Waals surface area contributed by atoms with Crippen LogP contribution in [0.1, 0.15) is 58.4 Å². The zero-order valence-electron chi connectivity index (χ0n) is 16.8. The van der Waals surface area contributed by atoms with Crippen LogP contribution < -0.4 is 16.0 Å². The molecule has 0 spiro atoms. The Balaban J connectivity index is 1.23. The number of piperidine rings is 1. The summed E-state index contributed by atoms with van der Waals surface area (Å²) in [5.41, 5.74) is 1.60. The molecule has 1 aromatic carbocycles. The first-order valence-electron chi connectivity index (χ1n) is 10.8. The molecule has 2 saturated heterocycles. The third-order valence-corrected chi connectivity index (χ3v) is 6.86. The largest absolute Gasteiger partial charge is 0.314 e. The molecular weight excluding hydrogens is 384 g/mol. The molecule has 0 radical (unpaired) electrons. The molecule has 3 aliphatic heterocycles. The lowest BCUT2D eigenvalue weighted by atomic mass is 9.82. The number of hydrogen-bond donors (Lipinski definition) is 3. The van der Waals surface area contributed by atoms with Gasteiger partial charge in [-0.3, -0.25) is 29.4 Å². The van der Waals surface area contributed by atoms with E-state index >= 15 is 0 Å². The molecular formula is C22H26N4O4. The number of fused-ring (bicyclic) bond motifs is 3. The van der Waals surface area contributed by atoms with Crippen LogP contribution in [0.25, 0.3) is 0 Å². The van der Waals surface area contributed by atoms with Gasteiger partial charge >= 0.3 is 0 Å². The molecule has 4 amide bonds. The van der Waals surface area contributed by atoms with Crippen LogP contribution in [-0.2, 0) is 16.1 Å². The first-order chi connectivity index (χ1) is 14.5. The van der Waals surface area contributed by atoms with Gasteiger partial charge in [0.25, 0.3) is 11.8 Å². The molecule has 8 heteroatoms. The Morgan fingerprint density at radius 3 is 2.67 bits per heavy atom. The van der Waals surface area contributed by atoms with E-state index in [-0.39, 0.29) is 18.7 Å². The molecule has 3 N–H and O–H groups in total. The summed E-state index contributed by atoms with van der Waals surface area (Å²) in [4.78, 5) is 50.2. The summed E-state index contributed by atoms with van der Waals surface area (Å²) < 4.78 is 0. The fourth-order valence-electron chi connectivity index (χ4n) is 5.45. The Morgan fingerprint density at radius 1 is 1.03 bits per heavy atom. The van der Waals surface area contributed by atoms with Crippen molar-refractivity contribution in [3.63, 3.8) is 0 Å². The standard InChI is InChI=1S/C22H26N4O4/c27-19-4-3-18(20(28)25-19)26-21(29)16-2-1-12(8-17(16)22(26)30)9-23-10-13-5-14-7-15(6-13)24-11-14/h1-2,8,13-15,18,23-24H,3-7,9-11H2,(H,25,27,28). The van der Waals surface area contributed by atoms with Gasteiger partial charge in [-0.15, -0.1) is 0 Å². The second kappa shape index (κ2) is 7.59. The van der Waals surface area contributed by atoms with Crippen LogP contribution in [-0.4, -0.2) is 53.7 Å². The van der Waals surface area contributed by atoms with E-state index in [1.165, 1.54) is 19.3 Å². The molecule has 4 unspecified atom stereocenters. The topological polar surface area (TPSA) is 108 Å². The maximum Gasteiger partial charge on any atom is 0.262 e. The molecule has 0 aromatic heterocycles. The van der Waals surface area contributed by atoms with Crippen LogP contribution in [0.5, 0.6) is 0 Å². The lowest BCUT2D eigenvalue weighted by Crippen LogP contribution is -2.54. The number of rotatable bonds is 5. The maximum absolute atomic E-state index is 12.9. The molecule has 1 saturated carbocycles. The third kappa shape index (κ3) is 3.44. The predicted molar refractivity (Wildman–Crippen MR) is 107 cm³/mol. The number of carbonyl (C=O) groups is 4. The van der Waals surface area contributed by atoms with Crippen molar-refractivity contribution < 1.29 is 19.2 Å². The number of imide groups is 2. The molecule has 4 aliphatic rings. The Morgan fingerprint density at radius 2 is 1.87 bits per heavy atom. The lowest BCUT2D eigenvalue weighted by Gasteiger charge is -2.27. The molecule has 30 heavy (non-hydrogen) atoms. The van der Waals surface area contributed by atoms with Crippen molar-refractivity contribution in [2.75, 3.05) is 13.1 Å². The number of nitrogens with zero attached hydrogens (tertiary/aromatic N) is 1. The highest BCUT2D eigenvalue weighted by atomic mass is 16.2. The molecule has 3 heterocycles. The summed E-state index contributed by atoms with van der Waals surface area (Å²) >= 11 is 0. The summed E-state index contributed by atoms with van der Waals surface area (Å²) in [5.74, 6) is -0.404. The van der Waals surface area contributed by atoms with Crippen LogP contribution in [0.2, 0.25) is 0 Å². The average molecular weight is 410 g/mol. The summed E-state index contributed by atoms with van der Waals surface area (Å²) in [6.07, 6.45) is 4.07. The normalized spacial score (nSPS) is 30.6. The Bertz CT molecular complexity index is 918. The maximum atomic E-state index is 12.9. The lowest BCUT2D eigenvalue weighted by molar-refractivity contribution is -0.136. The van der Waals surface area contributed by atoms with E-state index in [1.807, 2.05) is 6.07 Å². The van der Waals surface area contributed by atoms with Crippen LogP contribution in [0.4, 0.5) is 0 Å². The van der Waals surface area contributed by atoms with Gasteiger partial charge in [0.2, 0.25) is 11.8 Å². The molecule has 8 nitrogen and oxygen atoms in total. The second-order valence-electron chi connectivity index (χ2n) is 9.00. The molecule has 3 fully saturated rings. The smallest absolute Gasteiger partial charge is 0.262 e. The third-order valence-electron chi connectivity index (χ3n) is 6.86. The minimum absolute atomic E-state index is 0.122. The van der Waals surface area contributed by atoms with E-state index in [1.54, 1.807) is 12.1 Å². The monoisotopic (exact) mass is 410 g/mol. The van der Waals surface area contributed by atoms with Crippen molar-refractivity contribution in [1.82, 2.24) is 20.9 Å². The second-order valence-corrected chi connectivity index (χ2v) is 9.00. The molecule has 5 rings (SSSR count). The summed E-state index contributed by atoms with van der Waals surface area (Å²) in [6.45, 7) is 2.72. The molecule has 158 valence electrons. The molecule has 4 atom stereocenters.